The lowest BCUT2D eigenvalue weighted by molar-refractivity contribution is -0.123. The molecule has 2 aromatic carbocycles. The molecule has 2 aromatic rings. The van der Waals surface area contributed by atoms with Gasteiger partial charge >= 0.3 is 0 Å². The fourth-order valence-corrected chi connectivity index (χ4v) is 3.78. The van der Waals surface area contributed by atoms with Gasteiger partial charge in [-0.05, 0) is 55.2 Å². The molecule has 1 amide bonds. The van der Waals surface area contributed by atoms with Crippen LogP contribution in [0.1, 0.15) is 36.8 Å². The van der Waals surface area contributed by atoms with Crippen molar-refractivity contribution < 1.29 is 18.7 Å². The van der Waals surface area contributed by atoms with Crippen LogP contribution in [0.3, 0.4) is 0 Å². The van der Waals surface area contributed by atoms with E-state index in [-0.39, 0.29) is 23.7 Å². The summed E-state index contributed by atoms with van der Waals surface area (Å²) in [6, 6.07) is 12.2. The van der Waals surface area contributed by atoms with Crippen LogP contribution in [0.5, 0.6) is 11.5 Å². The molecule has 1 aliphatic rings. The van der Waals surface area contributed by atoms with Crippen LogP contribution in [0.4, 0.5) is 4.39 Å². The fourth-order valence-electron chi connectivity index (χ4n) is 3.78. The first kappa shape index (κ1) is 19.2. The molecule has 0 spiro atoms. The predicted octanol–water partition coefficient (Wildman–Crippen LogP) is 4.15. The van der Waals surface area contributed by atoms with Gasteiger partial charge in [-0.1, -0.05) is 31.0 Å². The van der Waals surface area contributed by atoms with E-state index < -0.39 is 0 Å². The van der Waals surface area contributed by atoms with E-state index in [9.17, 15) is 9.18 Å². The molecule has 0 atom stereocenters. The Kier molecular flexibility index (Phi) is 5.99. The molecule has 1 fully saturated rings. The second-order valence-corrected chi connectivity index (χ2v) is 7.21. The number of hydrogen-bond donors (Lipinski definition) is 1. The zero-order valence-electron chi connectivity index (χ0n) is 15.9. The SMILES string of the molecule is COc1cc(C)ccc1OCC(=O)NCC1(c2ccc(F)cc2)CCCC1. The minimum atomic E-state index is -0.239. The normalized spacial score (nSPS) is 15.4. The monoisotopic (exact) mass is 371 g/mol. The average molecular weight is 371 g/mol. The van der Waals surface area contributed by atoms with E-state index in [0.717, 1.165) is 36.8 Å². The summed E-state index contributed by atoms with van der Waals surface area (Å²) in [5.41, 5.74) is 2.03. The van der Waals surface area contributed by atoms with Crippen LogP contribution >= 0.6 is 0 Å². The first-order valence-corrected chi connectivity index (χ1v) is 9.33. The Morgan fingerprint density at radius 3 is 2.48 bits per heavy atom. The molecule has 0 aromatic heterocycles. The number of methoxy groups -OCH3 is 1. The van der Waals surface area contributed by atoms with Gasteiger partial charge in [-0.25, -0.2) is 4.39 Å². The zero-order valence-corrected chi connectivity index (χ0v) is 15.9. The first-order valence-electron chi connectivity index (χ1n) is 9.33. The number of nitrogens with one attached hydrogen (secondary N) is 1. The van der Waals surface area contributed by atoms with Gasteiger partial charge in [0.2, 0.25) is 0 Å². The highest BCUT2D eigenvalue weighted by molar-refractivity contribution is 5.77. The number of hydrogen-bond acceptors (Lipinski definition) is 3. The van der Waals surface area contributed by atoms with Gasteiger partial charge in [-0.3, -0.25) is 4.79 Å². The maximum absolute atomic E-state index is 13.3. The Morgan fingerprint density at radius 2 is 1.81 bits per heavy atom. The Hall–Kier alpha value is -2.56. The molecule has 1 aliphatic carbocycles. The predicted molar refractivity (Wildman–Crippen MR) is 103 cm³/mol. The van der Waals surface area contributed by atoms with E-state index in [4.69, 9.17) is 9.47 Å². The van der Waals surface area contributed by atoms with Gasteiger partial charge in [-0.15, -0.1) is 0 Å². The van der Waals surface area contributed by atoms with Gasteiger partial charge in [0.15, 0.2) is 18.1 Å². The first-order chi connectivity index (χ1) is 13.0. The van der Waals surface area contributed by atoms with Crippen molar-refractivity contribution in [3.8, 4) is 11.5 Å². The van der Waals surface area contributed by atoms with Crippen molar-refractivity contribution in [3.05, 3.63) is 59.4 Å². The molecule has 1 N–H and O–H groups in total. The molecule has 3 rings (SSSR count). The van der Waals surface area contributed by atoms with Crippen molar-refractivity contribution in [1.29, 1.82) is 0 Å². The largest absolute Gasteiger partial charge is 0.493 e. The highest BCUT2D eigenvalue weighted by Gasteiger charge is 2.35. The summed E-state index contributed by atoms with van der Waals surface area (Å²) in [6.45, 7) is 2.43. The van der Waals surface area contributed by atoms with Gasteiger partial charge in [0.05, 0.1) is 7.11 Å². The van der Waals surface area contributed by atoms with Crippen molar-refractivity contribution >= 4 is 5.91 Å². The molecule has 0 unspecified atom stereocenters. The van der Waals surface area contributed by atoms with Crippen LogP contribution in [0.2, 0.25) is 0 Å². The second kappa shape index (κ2) is 8.42. The molecule has 0 saturated heterocycles. The summed E-state index contributed by atoms with van der Waals surface area (Å²) in [6.07, 6.45) is 4.21. The third kappa shape index (κ3) is 4.59. The molecule has 5 heteroatoms. The molecule has 0 aliphatic heterocycles. The number of benzene rings is 2. The Morgan fingerprint density at radius 1 is 1.11 bits per heavy atom. The average Bonchev–Trinajstić information content (AvgIpc) is 3.16. The number of carbonyl (C=O) groups is 1. The molecule has 1 saturated carbocycles. The van der Waals surface area contributed by atoms with E-state index in [1.807, 2.05) is 31.2 Å². The number of ether oxygens (including phenoxy) is 2. The number of carbonyl (C=O) groups excluding carboxylic acids is 1. The summed E-state index contributed by atoms with van der Waals surface area (Å²) in [5, 5.41) is 3.00. The lowest BCUT2D eigenvalue weighted by atomic mass is 9.79. The standard InChI is InChI=1S/C22H26FNO3/c1-16-5-10-19(20(13-16)26-2)27-14-21(25)24-15-22(11-3-4-12-22)17-6-8-18(23)9-7-17/h5-10,13H,3-4,11-12,14-15H2,1-2H3,(H,24,25). The summed E-state index contributed by atoms with van der Waals surface area (Å²) in [4.78, 5) is 12.3. The van der Waals surface area contributed by atoms with E-state index in [0.29, 0.717) is 18.0 Å². The number of rotatable bonds is 7. The lowest BCUT2D eigenvalue weighted by Gasteiger charge is -2.30. The van der Waals surface area contributed by atoms with Crippen LogP contribution in [0.15, 0.2) is 42.5 Å². The highest BCUT2D eigenvalue weighted by atomic mass is 19.1. The molecular formula is C22H26FNO3. The minimum absolute atomic E-state index is 0.0705. The van der Waals surface area contributed by atoms with E-state index in [1.54, 1.807) is 13.2 Å². The van der Waals surface area contributed by atoms with Crippen molar-refractivity contribution in [2.75, 3.05) is 20.3 Å². The Bertz CT molecular complexity index is 783. The lowest BCUT2D eigenvalue weighted by Crippen LogP contribution is -2.40. The van der Waals surface area contributed by atoms with Crippen LogP contribution < -0.4 is 14.8 Å². The van der Waals surface area contributed by atoms with Crippen LogP contribution in [-0.4, -0.2) is 26.2 Å². The third-order valence-corrected chi connectivity index (χ3v) is 5.32. The van der Waals surface area contributed by atoms with Crippen LogP contribution in [0.25, 0.3) is 0 Å². The number of aryl methyl sites for hydroxylation is 1. The molecule has 144 valence electrons. The molecule has 0 heterocycles. The van der Waals surface area contributed by atoms with Crippen molar-refractivity contribution in [2.24, 2.45) is 0 Å². The van der Waals surface area contributed by atoms with Crippen molar-refractivity contribution in [3.63, 3.8) is 0 Å². The molecule has 0 radical (unpaired) electrons. The maximum Gasteiger partial charge on any atom is 0.257 e. The van der Waals surface area contributed by atoms with E-state index in [2.05, 4.69) is 5.32 Å². The molecule has 0 bridgehead atoms. The van der Waals surface area contributed by atoms with Crippen molar-refractivity contribution in [1.82, 2.24) is 5.32 Å². The maximum atomic E-state index is 13.3. The smallest absolute Gasteiger partial charge is 0.257 e. The van der Waals surface area contributed by atoms with Crippen molar-refractivity contribution in [2.45, 2.75) is 38.0 Å². The topological polar surface area (TPSA) is 47.6 Å². The quantitative estimate of drug-likeness (QED) is 0.795. The fraction of sp³-hybridized carbons (Fsp3) is 0.409. The zero-order chi connectivity index (χ0) is 19.3. The van der Waals surface area contributed by atoms with Gasteiger partial charge < -0.3 is 14.8 Å². The van der Waals surface area contributed by atoms with Gasteiger partial charge in [0, 0.05) is 12.0 Å². The molecule has 27 heavy (non-hydrogen) atoms. The van der Waals surface area contributed by atoms with Crippen LogP contribution in [0, 0.1) is 12.7 Å². The summed E-state index contributed by atoms with van der Waals surface area (Å²) in [7, 11) is 1.58. The van der Waals surface area contributed by atoms with Gasteiger partial charge in [-0.2, -0.15) is 0 Å². The molecule has 4 nitrogen and oxygen atoms in total. The minimum Gasteiger partial charge on any atom is -0.493 e. The highest BCUT2D eigenvalue weighted by Crippen LogP contribution is 2.40. The van der Waals surface area contributed by atoms with E-state index >= 15 is 0 Å². The molecular weight excluding hydrogens is 345 g/mol. The summed E-state index contributed by atoms with van der Waals surface area (Å²) >= 11 is 0. The third-order valence-electron chi connectivity index (χ3n) is 5.32. The van der Waals surface area contributed by atoms with Gasteiger partial charge in [0.25, 0.3) is 5.91 Å². The second-order valence-electron chi connectivity index (χ2n) is 7.21. The Balaban J connectivity index is 1.60. The van der Waals surface area contributed by atoms with Gasteiger partial charge in [0.1, 0.15) is 5.82 Å². The number of amides is 1. The summed E-state index contributed by atoms with van der Waals surface area (Å²) in [5.74, 6) is 0.746. The Labute approximate surface area is 159 Å². The number of halogens is 1. The van der Waals surface area contributed by atoms with Crippen LogP contribution in [-0.2, 0) is 10.2 Å². The summed E-state index contributed by atoms with van der Waals surface area (Å²) < 4.78 is 24.2. The van der Waals surface area contributed by atoms with E-state index in [1.165, 1.54) is 12.1 Å².